The molecule has 2 saturated heterocycles. The van der Waals surface area contributed by atoms with Crippen LogP contribution in [0.4, 0.5) is 4.79 Å². The number of guanidine groups is 1. The molecule has 4 aliphatic rings. The number of carboxylic acids is 1. The average molecular weight is 757 g/mol. The highest BCUT2D eigenvalue weighted by Gasteiger charge is 2.64. The van der Waals surface area contributed by atoms with Crippen LogP contribution in [0.15, 0.2) is 24.0 Å². The number of nitrogens with one attached hydrogen (secondary N) is 5. The minimum Gasteiger partial charge on any atom is -0.504 e. The predicted molar refractivity (Wildman–Crippen MR) is 193 cm³/mol. The zero-order valence-corrected chi connectivity index (χ0v) is 30.9. The first-order valence-corrected chi connectivity index (χ1v) is 18.2. The fourth-order valence-corrected chi connectivity index (χ4v) is 8.63. The molecule has 18 heteroatoms. The van der Waals surface area contributed by atoms with Crippen molar-refractivity contribution in [2.45, 2.75) is 87.4 Å². The number of carbonyl (C=O) groups is 5. The summed E-state index contributed by atoms with van der Waals surface area (Å²) in [5, 5.41) is 51.4. The number of aromatic hydroxyl groups is 1. The van der Waals surface area contributed by atoms with Gasteiger partial charge in [-0.05, 0) is 69.8 Å². The number of piperidine rings is 2. The van der Waals surface area contributed by atoms with Crippen LogP contribution in [0, 0.1) is 11.3 Å². The van der Waals surface area contributed by atoms with Crippen molar-refractivity contribution >= 4 is 35.7 Å². The van der Waals surface area contributed by atoms with Gasteiger partial charge in [-0.2, -0.15) is 0 Å². The Hall–Kier alpha value is -5.10. The summed E-state index contributed by atoms with van der Waals surface area (Å²) in [6.07, 6.45) is 2.95. The molecule has 6 atom stereocenters. The van der Waals surface area contributed by atoms with E-state index in [9.17, 15) is 39.3 Å². The summed E-state index contributed by atoms with van der Waals surface area (Å²) in [4.78, 5) is 66.8. The molecular weight excluding hydrogens is 704 g/mol. The lowest BCUT2D eigenvalue weighted by Gasteiger charge is -2.62. The SMILES string of the molecule is COc1ccc2c(c1O)C13CCN(C)C(C2)C1(O)CC=C(OC(=O)N1CCC(C(=O)O)CC1CNC(=O)C(CCCNC(=N)N)NC(=O)CNC(C)=O)C3. The van der Waals surface area contributed by atoms with E-state index in [-0.39, 0.29) is 81.8 Å². The molecule has 2 bridgehead atoms. The zero-order valence-electron chi connectivity index (χ0n) is 30.9. The van der Waals surface area contributed by atoms with Crippen molar-refractivity contribution < 1.29 is 48.8 Å². The lowest BCUT2D eigenvalue weighted by molar-refractivity contribution is -0.147. The highest BCUT2D eigenvalue weighted by molar-refractivity contribution is 5.90. The Bertz CT molecular complexity index is 1690. The number of amides is 4. The normalized spacial score (nSPS) is 26.5. The van der Waals surface area contributed by atoms with E-state index >= 15 is 0 Å². The number of carbonyl (C=O) groups excluding carboxylic acids is 4. The zero-order chi connectivity index (χ0) is 39.4. The number of phenols is 1. The fraction of sp³-hybridized carbons (Fsp3) is 0.611. The number of phenolic OH excluding ortho intramolecular Hbond substituents is 1. The first-order valence-electron chi connectivity index (χ1n) is 18.2. The summed E-state index contributed by atoms with van der Waals surface area (Å²) in [6.45, 7) is 1.70. The number of methoxy groups -OCH3 is 1. The number of hydrogen-bond donors (Lipinski definition) is 9. The molecule has 2 fully saturated rings. The first kappa shape index (κ1) is 40.1. The monoisotopic (exact) mass is 756 g/mol. The van der Waals surface area contributed by atoms with E-state index < -0.39 is 58.8 Å². The highest BCUT2D eigenvalue weighted by Crippen LogP contribution is 2.60. The molecule has 1 aromatic carbocycles. The minimum absolute atomic E-state index is 0.0323. The van der Waals surface area contributed by atoms with Gasteiger partial charge in [-0.3, -0.25) is 24.6 Å². The third-order valence-corrected chi connectivity index (χ3v) is 11.4. The Morgan fingerprint density at radius 1 is 1.15 bits per heavy atom. The predicted octanol–water partition coefficient (Wildman–Crippen LogP) is -0.390. The molecule has 2 aliphatic heterocycles. The number of allylic oxidation sites excluding steroid dienone is 1. The number of hydrogen-bond acceptors (Lipinski definition) is 11. The van der Waals surface area contributed by atoms with Gasteiger partial charge in [-0.25, -0.2) is 4.79 Å². The maximum Gasteiger partial charge on any atom is 0.415 e. The van der Waals surface area contributed by atoms with Gasteiger partial charge in [0.2, 0.25) is 17.7 Å². The first-order chi connectivity index (χ1) is 25.6. The Kier molecular flexibility index (Phi) is 12.3. The molecule has 2 heterocycles. The summed E-state index contributed by atoms with van der Waals surface area (Å²) in [5.74, 6) is -3.13. The van der Waals surface area contributed by atoms with Crippen molar-refractivity contribution in [3.8, 4) is 11.5 Å². The van der Waals surface area contributed by atoms with Crippen molar-refractivity contribution in [1.82, 2.24) is 31.1 Å². The Morgan fingerprint density at radius 2 is 1.91 bits per heavy atom. The van der Waals surface area contributed by atoms with E-state index in [2.05, 4.69) is 26.2 Å². The molecule has 5 rings (SSSR count). The molecule has 4 amide bonds. The van der Waals surface area contributed by atoms with Gasteiger partial charge in [0.05, 0.1) is 31.2 Å². The van der Waals surface area contributed by atoms with E-state index in [1.54, 1.807) is 12.1 Å². The molecule has 10 N–H and O–H groups in total. The molecule has 0 aromatic heterocycles. The smallest absolute Gasteiger partial charge is 0.415 e. The Balaban J connectivity index is 1.32. The van der Waals surface area contributed by atoms with E-state index in [1.807, 2.05) is 13.1 Å². The van der Waals surface area contributed by atoms with Gasteiger partial charge in [-0.15, -0.1) is 0 Å². The van der Waals surface area contributed by atoms with Crippen LogP contribution in [-0.4, -0.2) is 131 Å². The second-order valence-corrected chi connectivity index (χ2v) is 14.7. The second-order valence-electron chi connectivity index (χ2n) is 14.7. The Labute approximate surface area is 313 Å². The molecule has 1 aromatic rings. The highest BCUT2D eigenvalue weighted by atomic mass is 16.6. The van der Waals surface area contributed by atoms with Crippen molar-refractivity contribution in [3.05, 3.63) is 35.1 Å². The summed E-state index contributed by atoms with van der Waals surface area (Å²) in [5.41, 5.74) is 4.57. The number of nitrogens with zero attached hydrogens (tertiary/aromatic N) is 2. The van der Waals surface area contributed by atoms with Crippen LogP contribution < -0.4 is 31.7 Å². The van der Waals surface area contributed by atoms with Crippen molar-refractivity contribution in [1.29, 1.82) is 5.41 Å². The molecule has 296 valence electrons. The molecule has 0 saturated carbocycles. The number of ether oxygens (including phenoxy) is 2. The van der Waals surface area contributed by atoms with Gasteiger partial charge in [0.1, 0.15) is 11.8 Å². The molecule has 54 heavy (non-hydrogen) atoms. The van der Waals surface area contributed by atoms with Crippen LogP contribution in [-0.2, 0) is 35.8 Å². The number of rotatable bonds is 13. The average Bonchev–Trinajstić information content (AvgIpc) is 3.12. The van der Waals surface area contributed by atoms with E-state index in [0.717, 1.165) is 5.56 Å². The van der Waals surface area contributed by atoms with E-state index in [1.165, 1.54) is 18.9 Å². The molecule has 0 radical (unpaired) electrons. The summed E-state index contributed by atoms with van der Waals surface area (Å²) >= 11 is 0. The minimum atomic E-state index is -1.27. The second kappa shape index (κ2) is 16.5. The number of aliphatic hydroxyl groups is 1. The van der Waals surface area contributed by atoms with Crippen LogP contribution in [0.5, 0.6) is 11.5 Å². The van der Waals surface area contributed by atoms with E-state index in [0.29, 0.717) is 37.1 Å². The molecular formula is C36H52N8O10. The molecule has 2 aliphatic carbocycles. The maximum absolute atomic E-state index is 13.9. The summed E-state index contributed by atoms with van der Waals surface area (Å²) in [6, 6.07) is 1.54. The van der Waals surface area contributed by atoms with Gasteiger partial charge >= 0.3 is 12.1 Å². The third-order valence-electron chi connectivity index (χ3n) is 11.4. The quantitative estimate of drug-likeness (QED) is 0.0706. The Morgan fingerprint density at radius 3 is 2.59 bits per heavy atom. The van der Waals surface area contributed by atoms with Gasteiger partial charge in [0.15, 0.2) is 17.5 Å². The largest absolute Gasteiger partial charge is 0.504 e. The third kappa shape index (κ3) is 8.18. The van der Waals surface area contributed by atoms with Crippen molar-refractivity contribution in [2.24, 2.45) is 11.7 Å². The van der Waals surface area contributed by atoms with Crippen LogP contribution >= 0.6 is 0 Å². The van der Waals surface area contributed by atoms with Crippen molar-refractivity contribution in [3.63, 3.8) is 0 Å². The van der Waals surface area contributed by atoms with Crippen LogP contribution in [0.25, 0.3) is 0 Å². The summed E-state index contributed by atoms with van der Waals surface area (Å²) < 4.78 is 11.5. The topological polar surface area (TPSA) is 269 Å². The number of aliphatic carboxylic acids is 1. The van der Waals surface area contributed by atoms with Gasteiger partial charge in [-0.1, -0.05) is 6.07 Å². The fourth-order valence-electron chi connectivity index (χ4n) is 8.63. The lowest BCUT2D eigenvalue weighted by atomic mass is 9.50. The molecule has 0 spiro atoms. The van der Waals surface area contributed by atoms with Crippen LogP contribution in [0.2, 0.25) is 0 Å². The number of benzene rings is 1. The van der Waals surface area contributed by atoms with E-state index in [4.69, 9.17) is 20.6 Å². The maximum atomic E-state index is 13.9. The number of likely N-dealkylation sites (N-methyl/N-ethyl adjacent to an activating group) is 1. The molecule has 6 unspecified atom stereocenters. The van der Waals surface area contributed by atoms with Gasteiger partial charge < -0.3 is 61.6 Å². The number of fused-ring (bicyclic) bond motifs is 1. The standard InChI is InChI=1S/C36H52N8O10/c1-20(45)40-19-28(46)42-25(5-4-12-39-33(37)38)31(48)41-18-23-15-22(32(49)50)9-13-44(23)34(51)54-24-8-10-36(52)27-16-21-6-7-26(53-3)30(47)29(21)35(36,17-24)11-14-43(27)2/h6-8,22-23,25,27,47,52H,4-5,9-19H2,1-3H3,(H,40,45)(H,41,48)(H,42,46)(H,49,50)(H4,37,38,39). The lowest BCUT2D eigenvalue weighted by Crippen LogP contribution is -2.71. The summed E-state index contributed by atoms with van der Waals surface area (Å²) in [7, 11) is 3.43. The number of nitrogens with two attached hydrogens (primary N) is 1. The van der Waals surface area contributed by atoms with Crippen molar-refractivity contribution in [2.75, 3.05) is 46.9 Å². The number of carboxylic acid groups (broad SMARTS) is 1. The van der Waals surface area contributed by atoms with Gasteiger partial charge in [0.25, 0.3) is 0 Å². The van der Waals surface area contributed by atoms with Crippen LogP contribution in [0.1, 0.15) is 63.0 Å². The van der Waals surface area contributed by atoms with Crippen LogP contribution in [0.3, 0.4) is 0 Å². The van der Waals surface area contributed by atoms with Gasteiger partial charge in [0, 0.05) is 56.4 Å². The molecule has 18 nitrogen and oxygen atoms in total. The number of likely N-dealkylation sites (tertiary alicyclic amines) is 2.